The van der Waals surface area contributed by atoms with Gasteiger partial charge in [0.1, 0.15) is 5.82 Å². The third-order valence-corrected chi connectivity index (χ3v) is 1.85. The molecule has 2 nitrogen and oxygen atoms in total. The summed E-state index contributed by atoms with van der Waals surface area (Å²) in [6.07, 6.45) is 9.02. The number of nitrogens with zero attached hydrogens (tertiary/aromatic N) is 2. The minimum absolute atomic E-state index is 1.17. The van der Waals surface area contributed by atoms with E-state index in [1.165, 1.54) is 38.1 Å². The number of imidazole rings is 1. The number of aromatic nitrogens is 2. The van der Waals surface area contributed by atoms with Crippen LogP contribution in [0.25, 0.3) is 0 Å². The van der Waals surface area contributed by atoms with E-state index in [1.54, 1.807) is 0 Å². The van der Waals surface area contributed by atoms with Crippen LogP contribution in [0.3, 0.4) is 0 Å². The Kier molecular flexibility index (Phi) is 8.30. The van der Waals surface area contributed by atoms with Gasteiger partial charge in [0, 0.05) is 25.4 Å². The molecule has 0 bridgehead atoms. The number of aryl methyl sites for hydroxylation is 2. The molecule has 2 heterocycles. The SMILES string of the molecule is CC.CCC.c1cn2c(n1)CCCC2. The van der Waals surface area contributed by atoms with Crippen LogP contribution in [0.15, 0.2) is 12.4 Å². The Morgan fingerprint density at radius 1 is 1.29 bits per heavy atom. The normalized spacial score (nSPS) is 12.9. The lowest BCUT2D eigenvalue weighted by atomic mass is 10.2. The summed E-state index contributed by atoms with van der Waals surface area (Å²) in [4.78, 5) is 4.22. The smallest absolute Gasteiger partial charge is 0.108 e. The predicted octanol–water partition coefficient (Wildman–Crippen LogP) is 3.66. The van der Waals surface area contributed by atoms with Gasteiger partial charge in [0.15, 0.2) is 0 Å². The summed E-state index contributed by atoms with van der Waals surface area (Å²) in [7, 11) is 0. The molecule has 82 valence electrons. The second-order valence-corrected chi connectivity index (χ2v) is 3.20. The molecule has 0 aliphatic carbocycles. The van der Waals surface area contributed by atoms with Gasteiger partial charge in [-0.2, -0.15) is 0 Å². The molecule has 1 aromatic heterocycles. The van der Waals surface area contributed by atoms with Crippen LogP contribution in [0.1, 0.15) is 52.8 Å². The number of fused-ring (bicyclic) bond motifs is 1. The van der Waals surface area contributed by atoms with Gasteiger partial charge in [0.25, 0.3) is 0 Å². The third-order valence-electron chi connectivity index (χ3n) is 1.85. The van der Waals surface area contributed by atoms with E-state index in [0.717, 1.165) is 0 Å². The van der Waals surface area contributed by atoms with Gasteiger partial charge in [-0.1, -0.05) is 34.1 Å². The molecular formula is C12H24N2. The van der Waals surface area contributed by atoms with E-state index < -0.39 is 0 Å². The van der Waals surface area contributed by atoms with Crippen molar-refractivity contribution in [2.75, 3.05) is 0 Å². The van der Waals surface area contributed by atoms with Gasteiger partial charge in [-0.05, 0) is 12.8 Å². The van der Waals surface area contributed by atoms with Gasteiger partial charge in [-0.3, -0.25) is 0 Å². The molecule has 2 rings (SSSR count). The first kappa shape index (κ1) is 13.2. The average molecular weight is 196 g/mol. The van der Waals surface area contributed by atoms with Crippen LogP contribution >= 0.6 is 0 Å². The fourth-order valence-corrected chi connectivity index (χ4v) is 1.34. The molecule has 0 unspecified atom stereocenters. The highest BCUT2D eigenvalue weighted by atomic mass is 15.1. The summed E-state index contributed by atoms with van der Waals surface area (Å²) in [6, 6.07) is 0. The lowest BCUT2D eigenvalue weighted by Crippen LogP contribution is -2.08. The molecule has 1 aromatic rings. The fraction of sp³-hybridized carbons (Fsp3) is 0.750. The zero-order valence-electron chi connectivity index (χ0n) is 10.1. The Balaban J connectivity index is 0.000000294. The van der Waals surface area contributed by atoms with Crippen LogP contribution in [0.2, 0.25) is 0 Å². The van der Waals surface area contributed by atoms with Crippen LogP contribution in [-0.2, 0) is 13.0 Å². The van der Waals surface area contributed by atoms with Crippen molar-refractivity contribution in [1.29, 1.82) is 0 Å². The molecule has 0 saturated heterocycles. The molecule has 0 fully saturated rings. The van der Waals surface area contributed by atoms with Crippen molar-refractivity contribution in [3.8, 4) is 0 Å². The Bertz CT molecular complexity index is 195. The highest BCUT2D eigenvalue weighted by molar-refractivity contribution is 4.94. The molecule has 1 aliphatic heterocycles. The van der Waals surface area contributed by atoms with E-state index in [9.17, 15) is 0 Å². The van der Waals surface area contributed by atoms with Crippen LogP contribution in [0, 0.1) is 0 Å². The van der Waals surface area contributed by atoms with Crippen molar-refractivity contribution < 1.29 is 0 Å². The van der Waals surface area contributed by atoms with Crippen molar-refractivity contribution in [2.24, 2.45) is 0 Å². The summed E-state index contributed by atoms with van der Waals surface area (Å²) in [5, 5.41) is 0. The maximum absolute atomic E-state index is 4.22. The molecule has 0 aromatic carbocycles. The topological polar surface area (TPSA) is 17.8 Å². The summed E-state index contributed by atoms with van der Waals surface area (Å²) in [6.45, 7) is 9.43. The fourth-order valence-electron chi connectivity index (χ4n) is 1.34. The quantitative estimate of drug-likeness (QED) is 0.619. The molecular weight excluding hydrogens is 172 g/mol. The minimum atomic E-state index is 1.17. The van der Waals surface area contributed by atoms with Crippen LogP contribution in [-0.4, -0.2) is 9.55 Å². The highest BCUT2D eigenvalue weighted by Gasteiger charge is 2.06. The van der Waals surface area contributed by atoms with Crippen molar-refractivity contribution in [3.05, 3.63) is 18.2 Å². The monoisotopic (exact) mass is 196 g/mol. The summed E-state index contributed by atoms with van der Waals surface area (Å²) in [5.74, 6) is 1.27. The molecule has 0 atom stereocenters. The second-order valence-electron chi connectivity index (χ2n) is 3.20. The predicted molar refractivity (Wildman–Crippen MR) is 62.5 cm³/mol. The number of hydrogen-bond donors (Lipinski definition) is 0. The molecule has 1 aliphatic rings. The van der Waals surface area contributed by atoms with Crippen LogP contribution < -0.4 is 0 Å². The Morgan fingerprint density at radius 2 is 1.93 bits per heavy atom. The third kappa shape index (κ3) is 4.45. The van der Waals surface area contributed by atoms with Gasteiger partial charge < -0.3 is 4.57 Å². The molecule has 0 radical (unpaired) electrons. The van der Waals surface area contributed by atoms with Gasteiger partial charge in [0.2, 0.25) is 0 Å². The van der Waals surface area contributed by atoms with Crippen molar-refractivity contribution >= 4 is 0 Å². The lowest BCUT2D eigenvalue weighted by Gasteiger charge is -2.11. The number of rotatable bonds is 0. The van der Waals surface area contributed by atoms with Gasteiger partial charge >= 0.3 is 0 Å². The van der Waals surface area contributed by atoms with Gasteiger partial charge in [0.05, 0.1) is 0 Å². The van der Waals surface area contributed by atoms with Gasteiger partial charge in [-0.25, -0.2) is 4.98 Å². The highest BCUT2D eigenvalue weighted by Crippen LogP contribution is 2.10. The van der Waals surface area contributed by atoms with Crippen LogP contribution in [0.5, 0.6) is 0 Å². The zero-order chi connectivity index (χ0) is 10.8. The minimum Gasteiger partial charge on any atom is -0.335 e. The van der Waals surface area contributed by atoms with Gasteiger partial charge in [-0.15, -0.1) is 0 Å². The summed E-state index contributed by atoms with van der Waals surface area (Å²) >= 11 is 0. The molecule has 0 amide bonds. The number of hydrogen-bond acceptors (Lipinski definition) is 1. The molecule has 0 saturated carbocycles. The Morgan fingerprint density at radius 3 is 2.50 bits per heavy atom. The van der Waals surface area contributed by atoms with E-state index in [4.69, 9.17) is 0 Å². The molecule has 0 spiro atoms. The second kappa shape index (κ2) is 8.79. The Labute approximate surface area is 88.4 Å². The molecule has 14 heavy (non-hydrogen) atoms. The lowest BCUT2D eigenvalue weighted by molar-refractivity contribution is 0.522. The van der Waals surface area contributed by atoms with E-state index in [0.29, 0.717) is 0 Å². The van der Waals surface area contributed by atoms with Crippen molar-refractivity contribution in [3.63, 3.8) is 0 Å². The van der Waals surface area contributed by atoms with E-state index in [1.807, 2.05) is 20.0 Å². The van der Waals surface area contributed by atoms with E-state index >= 15 is 0 Å². The van der Waals surface area contributed by atoms with Crippen molar-refractivity contribution in [1.82, 2.24) is 9.55 Å². The van der Waals surface area contributed by atoms with Crippen LogP contribution in [0.4, 0.5) is 0 Å². The molecule has 2 heteroatoms. The first-order valence-electron chi connectivity index (χ1n) is 5.88. The van der Waals surface area contributed by atoms with E-state index in [2.05, 4.69) is 29.6 Å². The standard InChI is InChI=1S/C7H10N2.C3H8.C2H6/c1-2-5-9-6-4-8-7(9)3-1;1-3-2;1-2/h4,6H,1-3,5H2;3H2,1-2H3;1-2H3. The first-order valence-corrected chi connectivity index (χ1v) is 5.88. The maximum atomic E-state index is 4.22. The zero-order valence-corrected chi connectivity index (χ0v) is 10.1. The molecule has 0 N–H and O–H groups in total. The summed E-state index contributed by atoms with van der Waals surface area (Å²) in [5.41, 5.74) is 0. The first-order chi connectivity index (χ1) is 6.88. The Hall–Kier alpha value is -0.790. The van der Waals surface area contributed by atoms with Crippen molar-refractivity contribution in [2.45, 2.75) is 59.9 Å². The summed E-state index contributed by atoms with van der Waals surface area (Å²) < 4.78 is 2.24. The average Bonchev–Trinajstić information content (AvgIpc) is 2.69. The van der Waals surface area contributed by atoms with E-state index in [-0.39, 0.29) is 0 Å². The largest absolute Gasteiger partial charge is 0.335 e. The maximum Gasteiger partial charge on any atom is 0.108 e.